The fourth-order valence-corrected chi connectivity index (χ4v) is 2.97. The van der Waals surface area contributed by atoms with Gasteiger partial charge in [-0.3, -0.25) is 9.79 Å². The number of nitrogens with two attached hydrogens (primary N) is 1. The Morgan fingerprint density at radius 2 is 2.21 bits per heavy atom. The van der Waals surface area contributed by atoms with Crippen LogP contribution in [0.5, 0.6) is 5.75 Å². The van der Waals surface area contributed by atoms with E-state index >= 15 is 0 Å². The smallest absolute Gasteiger partial charge is 0.255 e. The Kier molecular flexibility index (Phi) is 11.8. The van der Waals surface area contributed by atoms with E-state index in [0.717, 1.165) is 37.6 Å². The minimum Gasteiger partial charge on any atom is -0.484 e. The molecule has 0 aliphatic carbocycles. The second-order valence-corrected chi connectivity index (χ2v) is 6.47. The zero-order valence-corrected chi connectivity index (χ0v) is 18.9. The number of ether oxygens (including phenoxy) is 3. The number of carbonyl (C=O) groups excluding carboxylic acids is 1. The third kappa shape index (κ3) is 8.61. The number of halogens is 1. The molecule has 1 unspecified atom stereocenters. The molecule has 3 N–H and O–H groups in total. The van der Waals surface area contributed by atoms with Gasteiger partial charge in [-0.05, 0) is 24.1 Å². The summed E-state index contributed by atoms with van der Waals surface area (Å²) in [7, 11) is 3.47. The topological polar surface area (TPSA) is 98.4 Å². The number of rotatable bonds is 10. The molecule has 1 atom stereocenters. The van der Waals surface area contributed by atoms with Gasteiger partial charge in [-0.15, -0.1) is 24.0 Å². The van der Waals surface area contributed by atoms with Crippen LogP contribution in [-0.4, -0.2) is 70.4 Å². The van der Waals surface area contributed by atoms with Crippen LogP contribution in [0.4, 0.5) is 0 Å². The monoisotopic (exact) mass is 506 g/mol. The Morgan fingerprint density at radius 3 is 2.93 bits per heavy atom. The number of nitrogens with zero attached hydrogens (tertiary/aromatic N) is 2. The largest absolute Gasteiger partial charge is 0.484 e. The molecule has 0 saturated carbocycles. The molecule has 1 aromatic carbocycles. The molecule has 28 heavy (non-hydrogen) atoms. The third-order valence-electron chi connectivity index (χ3n) is 4.31. The van der Waals surface area contributed by atoms with E-state index in [9.17, 15) is 4.79 Å². The van der Waals surface area contributed by atoms with E-state index in [4.69, 9.17) is 19.9 Å². The highest BCUT2D eigenvalue weighted by Crippen LogP contribution is 2.17. The van der Waals surface area contributed by atoms with Crippen molar-refractivity contribution in [3.05, 3.63) is 29.8 Å². The van der Waals surface area contributed by atoms with Gasteiger partial charge in [-0.25, -0.2) is 0 Å². The van der Waals surface area contributed by atoms with Crippen molar-refractivity contribution in [2.45, 2.75) is 13.0 Å². The number of carbonyl (C=O) groups is 1. The van der Waals surface area contributed by atoms with Gasteiger partial charge in [-0.2, -0.15) is 0 Å². The summed E-state index contributed by atoms with van der Waals surface area (Å²) in [5.74, 6) is 1.51. The number of aliphatic imine (C=N–C) groups is 1. The van der Waals surface area contributed by atoms with E-state index in [1.54, 1.807) is 20.2 Å². The molecule has 1 saturated heterocycles. The van der Waals surface area contributed by atoms with Crippen molar-refractivity contribution >= 4 is 35.8 Å². The quantitative estimate of drug-likeness (QED) is 0.215. The molecule has 158 valence electrons. The summed E-state index contributed by atoms with van der Waals surface area (Å²) in [5.41, 5.74) is 6.15. The summed E-state index contributed by atoms with van der Waals surface area (Å²) in [6, 6.07) is 7.57. The first-order chi connectivity index (χ1) is 13.1. The molecule has 1 heterocycles. The molecule has 1 fully saturated rings. The molecule has 0 radical (unpaired) electrons. The molecule has 1 aliphatic rings. The van der Waals surface area contributed by atoms with Gasteiger partial charge in [0.1, 0.15) is 5.75 Å². The molecule has 8 nitrogen and oxygen atoms in total. The van der Waals surface area contributed by atoms with Gasteiger partial charge >= 0.3 is 0 Å². The van der Waals surface area contributed by atoms with E-state index in [2.05, 4.69) is 15.2 Å². The number of hydrogen-bond acceptors (Lipinski definition) is 5. The highest BCUT2D eigenvalue weighted by atomic mass is 127. The van der Waals surface area contributed by atoms with E-state index in [1.165, 1.54) is 0 Å². The minimum atomic E-state index is -0.492. The number of nitrogens with one attached hydrogen (secondary N) is 1. The van der Waals surface area contributed by atoms with Gasteiger partial charge in [-0.1, -0.05) is 12.1 Å². The van der Waals surface area contributed by atoms with E-state index in [-0.39, 0.29) is 30.6 Å². The van der Waals surface area contributed by atoms with Crippen molar-refractivity contribution in [3.8, 4) is 5.75 Å². The van der Waals surface area contributed by atoms with E-state index < -0.39 is 5.91 Å². The molecule has 1 aliphatic heterocycles. The molecule has 1 aromatic rings. The molecule has 0 bridgehead atoms. The predicted molar refractivity (Wildman–Crippen MR) is 119 cm³/mol. The number of guanidine groups is 1. The SMILES string of the molecule is CN=C(NCc1cccc(OCC(N)=O)c1)N1CCC(COCCOC)C1.I. The summed E-state index contributed by atoms with van der Waals surface area (Å²) < 4.78 is 16.0. The number of hydrogen-bond donors (Lipinski definition) is 2. The lowest BCUT2D eigenvalue weighted by molar-refractivity contribution is -0.119. The van der Waals surface area contributed by atoms with E-state index in [1.807, 2.05) is 18.2 Å². The highest BCUT2D eigenvalue weighted by Gasteiger charge is 2.24. The normalized spacial score (nSPS) is 16.6. The van der Waals surface area contributed by atoms with Crippen molar-refractivity contribution in [2.24, 2.45) is 16.6 Å². The van der Waals surface area contributed by atoms with Crippen LogP contribution in [0.15, 0.2) is 29.3 Å². The Morgan fingerprint density at radius 1 is 1.39 bits per heavy atom. The van der Waals surface area contributed by atoms with Crippen LogP contribution in [0.25, 0.3) is 0 Å². The second-order valence-electron chi connectivity index (χ2n) is 6.47. The summed E-state index contributed by atoms with van der Waals surface area (Å²) in [4.78, 5) is 17.5. The van der Waals surface area contributed by atoms with Crippen LogP contribution in [0.3, 0.4) is 0 Å². The van der Waals surface area contributed by atoms with Crippen molar-refractivity contribution in [2.75, 3.05) is 53.7 Å². The highest BCUT2D eigenvalue weighted by molar-refractivity contribution is 14.0. The van der Waals surface area contributed by atoms with Crippen LogP contribution < -0.4 is 15.8 Å². The van der Waals surface area contributed by atoms with Gasteiger partial charge < -0.3 is 30.2 Å². The van der Waals surface area contributed by atoms with Gasteiger partial charge in [0.2, 0.25) is 0 Å². The number of amides is 1. The molecule has 9 heteroatoms. The molecular weight excluding hydrogens is 475 g/mol. The van der Waals surface area contributed by atoms with Crippen LogP contribution in [0, 0.1) is 5.92 Å². The first-order valence-electron chi connectivity index (χ1n) is 9.14. The lowest BCUT2D eigenvalue weighted by Gasteiger charge is -2.22. The van der Waals surface area contributed by atoms with Crippen LogP contribution >= 0.6 is 24.0 Å². The van der Waals surface area contributed by atoms with Crippen molar-refractivity contribution in [1.82, 2.24) is 10.2 Å². The minimum absolute atomic E-state index is 0. The average molecular weight is 506 g/mol. The Bertz CT molecular complexity index is 630. The van der Waals surface area contributed by atoms with Crippen LogP contribution in [0.2, 0.25) is 0 Å². The Hall–Kier alpha value is -1.59. The maximum absolute atomic E-state index is 10.8. The molecule has 1 amide bonds. The van der Waals surface area contributed by atoms with Crippen molar-refractivity contribution < 1.29 is 19.0 Å². The maximum Gasteiger partial charge on any atom is 0.255 e. The first-order valence-corrected chi connectivity index (χ1v) is 9.14. The van der Waals surface area contributed by atoms with Crippen molar-refractivity contribution in [3.63, 3.8) is 0 Å². The van der Waals surface area contributed by atoms with Gasteiger partial charge in [0, 0.05) is 39.7 Å². The summed E-state index contributed by atoms with van der Waals surface area (Å²) >= 11 is 0. The summed E-state index contributed by atoms with van der Waals surface area (Å²) in [5, 5.41) is 3.38. The zero-order valence-electron chi connectivity index (χ0n) is 16.6. The summed E-state index contributed by atoms with van der Waals surface area (Å²) in [6.07, 6.45) is 1.09. The maximum atomic E-state index is 10.8. The zero-order chi connectivity index (χ0) is 19.5. The average Bonchev–Trinajstić information content (AvgIpc) is 3.13. The summed E-state index contributed by atoms with van der Waals surface area (Å²) in [6.45, 7) is 4.38. The molecule has 0 aromatic heterocycles. The van der Waals surface area contributed by atoms with Gasteiger partial charge in [0.15, 0.2) is 12.6 Å². The first kappa shape index (κ1) is 24.4. The number of methoxy groups -OCH3 is 1. The number of benzene rings is 1. The van der Waals surface area contributed by atoms with Gasteiger partial charge in [0.25, 0.3) is 5.91 Å². The van der Waals surface area contributed by atoms with Gasteiger partial charge in [0.05, 0.1) is 19.8 Å². The van der Waals surface area contributed by atoms with Crippen molar-refractivity contribution in [1.29, 1.82) is 0 Å². The fraction of sp³-hybridized carbons (Fsp3) is 0.579. The number of primary amides is 1. The van der Waals surface area contributed by atoms with Crippen LogP contribution in [-0.2, 0) is 20.8 Å². The standard InChI is InChI=1S/C19H30N4O4.HI/c1-21-19(23-7-6-16(12-23)13-26-9-8-25-2)22-11-15-4-3-5-17(10-15)27-14-18(20)24;/h3-5,10,16H,6-9,11-14H2,1-2H3,(H2,20,24)(H,21,22);1H. The lowest BCUT2D eigenvalue weighted by Crippen LogP contribution is -2.39. The molecular formula is C19H31IN4O4. The lowest BCUT2D eigenvalue weighted by atomic mass is 10.1. The Balaban J connectivity index is 0.00000392. The Labute approximate surface area is 183 Å². The predicted octanol–water partition coefficient (Wildman–Crippen LogP) is 1.23. The molecule has 2 rings (SSSR count). The van der Waals surface area contributed by atoms with E-state index in [0.29, 0.717) is 31.4 Å². The van der Waals surface area contributed by atoms with Crippen LogP contribution in [0.1, 0.15) is 12.0 Å². The fourth-order valence-electron chi connectivity index (χ4n) is 2.97. The third-order valence-corrected chi connectivity index (χ3v) is 4.31. The molecule has 0 spiro atoms. The number of likely N-dealkylation sites (tertiary alicyclic amines) is 1. The second kappa shape index (κ2) is 13.6.